The van der Waals surface area contributed by atoms with Gasteiger partial charge < -0.3 is 13.9 Å². The zero-order chi connectivity index (χ0) is 45.4. The fourth-order valence-corrected chi connectivity index (χ4v) is 11.0. The van der Waals surface area contributed by atoms with Crippen LogP contribution in [0.4, 0.5) is 17.1 Å². The second-order valence-electron chi connectivity index (χ2n) is 18.0. The Kier molecular flexibility index (Phi) is 8.90. The first kappa shape index (κ1) is 39.0. The average molecular weight is 879 g/mol. The van der Waals surface area contributed by atoms with Gasteiger partial charge >= 0.3 is 0 Å². The van der Waals surface area contributed by atoms with Gasteiger partial charge in [0.25, 0.3) is 0 Å². The van der Waals surface area contributed by atoms with Crippen molar-refractivity contribution in [2.75, 3.05) is 4.90 Å². The van der Waals surface area contributed by atoms with Crippen LogP contribution in [-0.2, 0) is 0 Å². The minimum Gasteiger partial charge on any atom is -0.455 e. The first-order chi connectivity index (χ1) is 34.2. The van der Waals surface area contributed by atoms with E-state index in [0.29, 0.717) is 0 Å². The first-order valence-electron chi connectivity index (χ1n) is 23.7. The summed E-state index contributed by atoms with van der Waals surface area (Å²) in [5, 5.41) is 12.0. The van der Waals surface area contributed by atoms with E-state index in [-0.39, 0.29) is 0 Å². The molecule has 0 aliphatic heterocycles. The lowest BCUT2D eigenvalue weighted by molar-refractivity contribution is 0.673. The third-order valence-corrected chi connectivity index (χ3v) is 14.2. The van der Waals surface area contributed by atoms with Crippen molar-refractivity contribution in [2.45, 2.75) is 0 Å². The highest BCUT2D eigenvalue weighted by Gasteiger charge is 2.21. The zero-order valence-electron chi connectivity index (χ0n) is 37.6. The molecule has 2 heterocycles. The SMILES string of the molecule is c1ccc(N(c2ccc(-c3ccc4c(c3)oc3c5ccccc5ccc43)cc2)c2ccc(-c3ccccc3-n3c4ccccc4c4ccccc43)cc2)c(-c2cc3ccccc3c3ccccc23)c1. The van der Waals surface area contributed by atoms with Gasteiger partial charge in [0.2, 0.25) is 0 Å². The number of para-hydroxylation sites is 4. The third kappa shape index (κ3) is 6.29. The molecule has 2 aromatic heterocycles. The molecule has 14 rings (SSSR count). The van der Waals surface area contributed by atoms with E-state index in [1.807, 2.05) is 0 Å². The standard InChI is InChI=1S/C66H42N2O/c1-4-19-52-44(15-1)33-40-59-58-39-34-46(42-65(58)69-66(52)59)43-29-35-48(36-30-43)67(62-26-12-10-24-57(62)60-41-47-16-2-3-17-50(47)53-20-5-6-21-54(53)60)49-37-31-45(32-38-49)51-18-7-11-25-61(51)68-63-27-13-8-22-55(63)56-23-9-14-28-64(56)68/h1-42H. The van der Waals surface area contributed by atoms with E-state index in [9.17, 15) is 0 Å². The molecule has 0 unspecified atom stereocenters. The second-order valence-corrected chi connectivity index (χ2v) is 18.0. The molecular formula is C66H42N2O. The molecule has 0 spiro atoms. The van der Waals surface area contributed by atoms with Crippen LogP contribution < -0.4 is 4.90 Å². The van der Waals surface area contributed by atoms with Gasteiger partial charge in [-0.05, 0) is 122 Å². The molecule has 0 N–H and O–H groups in total. The molecule has 0 saturated carbocycles. The Morgan fingerprint density at radius 2 is 0.841 bits per heavy atom. The van der Waals surface area contributed by atoms with Crippen LogP contribution in [0.15, 0.2) is 259 Å². The summed E-state index contributed by atoms with van der Waals surface area (Å²) < 4.78 is 9.03. The van der Waals surface area contributed by atoms with E-state index in [2.05, 4.69) is 264 Å². The molecule has 322 valence electrons. The van der Waals surface area contributed by atoms with Gasteiger partial charge in [0.1, 0.15) is 11.2 Å². The van der Waals surface area contributed by atoms with Crippen molar-refractivity contribution >= 4 is 93.1 Å². The van der Waals surface area contributed by atoms with E-state index in [4.69, 9.17) is 4.42 Å². The summed E-state index contributed by atoms with van der Waals surface area (Å²) >= 11 is 0. The van der Waals surface area contributed by atoms with Crippen molar-refractivity contribution in [3.05, 3.63) is 255 Å². The van der Waals surface area contributed by atoms with Gasteiger partial charge in [-0.1, -0.05) is 182 Å². The fraction of sp³-hybridized carbons (Fsp3) is 0. The Labute approximate surface area is 399 Å². The number of rotatable bonds is 7. The monoisotopic (exact) mass is 878 g/mol. The highest BCUT2D eigenvalue weighted by molar-refractivity contribution is 6.17. The summed E-state index contributed by atoms with van der Waals surface area (Å²) in [5.74, 6) is 0. The van der Waals surface area contributed by atoms with Crippen LogP contribution in [0.5, 0.6) is 0 Å². The van der Waals surface area contributed by atoms with Crippen molar-refractivity contribution in [1.29, 1.82) is 0 Å². The molecule has 0 aliphatic rings. The minimum absolute atomic E-state index is 0.890. The highest BCUT2D eigenvalue weighted by Crippen LogP contribution is 2.46. The maximum absolute atomic E-state index is 6.62. The van der Waals surface area contributed by atoms with Gasteiger partial charge in [0, 0.05) is 49.4 Å². The number of anilines is 3. The van der Waals surface area contributed by atoms with Gasteiger partial charge in [-0.2, -0.15) is 0 Å². The number of hydrogen-bond acceptors (Lipinski definition) is 2. The molecule has 0 fully saturated rings. The van der Waals surface area contributed by atoms with Gasteiger partial charge in [-0.15, -0.1) is 0 Å². The van der Waals surface area contributed by atoms with Crippen molar-refractivity contribution in [3.63, 3.8) is 0 Å². The van der Waals surface area contributed by atoms with E-state index in [1.165, 1.54) is 59.9 Å². The maximum atomic E-state index is 6.62. The largest absolute Gasteiger partial charge is 0.455 e. The van der Waals surface area contributed by atoms with Crippen LogP contribution in [0.1, 0.15) is 0 Å². The van der Waals surface area contributed by atoms with E-state index in [0.717, 1.165) is 72.3 Å². The van der Waals surface area contributed by atoms with Crippen molar-refractivity contribution in [1.82, 2.24) is 4.57 Å². The van der Waals surface area contributed by atoms with Crippen LogP contribution in [-0.4, -0.2) is 4.57 Å². The number of nitrogens with zero attached hydrogens (tertiary/aromatic N) is 2. The summed E-state index contributed by atoms with van der Waals surface area (Å²) in [7, 11) is 0. The lowest BCUT2D eigenvalue weighted by atomic mass is 9.92. The quantitative estimate of drug-likeness (QED) is 0.149. The van der Waals surface area contributed by atoms with Gasteiger partial charge in [-0.25, -0.2) is 0 Å². The Morgan fingerprint density at radius 1 is 0.304 bits per heavy atom. The molecule has 0 aliphatic carbocycles. The Hall–Kier alpha value is -9.18. The molecule has 69 heavy (non-hydrogen) atoms. The number of aromatic nitrogens is 1. The number of furan rings is 1. The molecule has 0 atom stereocenters. The normalized spacial score (nSPS) is 11.8. The first-order valence-corrected chi connectivity index (χ1v) is 23.7. The highest BCUT2D eigenvalue weighted by atomic mass is 16.3. The topological polar surface area (TPSA) is 21.3 Å². The molecule has 12 aromatic carbocycles. The molecule has 14 aromatic rings. The second kappa shape index (κ2) is 15.7. The van der Waals surface area contributed by atoms with Gasteiger partial charge in [-0.3, -0.25) is 0 Å². The lowest BCUT2D eigenvalue weighted by Crippen LogP contribution is -2.11. The van der Waals surface area contributed by atoms with Crippen LogP contribution in [0.2, 0.25) is 0 Å². The molecule has 3 heteroatoms. The minimum atomic E-state index is 0.890. The van der Waals surface area contributed by atoms with E-state index < -0.39 is 0 Å². The predicted molar refractivity (Wildman–Crippen MR) is 292 cm³/mol. The van der Waals surface area contributed by atoms with Crippen LogP contribution in [0.3, 0.4) is 0 Å². The number of fused-ring (bicyclic) bond motifs is 11. The average Bonchev–Trinajstić information content (AvgIpc) is 3.97. The van der Waals surface area contributed by atoms with E-state index >= 15 is 0 Å². The Morgan fingerprint density at radius 3 is 1.58 bits per heavy atom. The lowest BCUT2D eigenvalue weighted by Gasteiger charge is -2.29. The Balaban J connectivity index is 0.914. The zero-order valence-corrected chi connectivity index (χ0v) is 37.6. The van der Waals surface area contributed by atoms with Crippen LogP contribution in [0.25, 0.3) is 115 Å². The number of hydrogen-bond donors (Lipinski definition) is 0. The molecule has 0 bridgehead atoms. The molecule has 0 radical (unpaired) electrons. The molecule has 3 nitrogen and oxygen atoms in total. The maximum Gasteiger partial charge on any atom is 0.143 e. The van der Waals surface area contributed by atoms with Crippen molar-refractivity contribution in [3.8, 4) is 39.1 Å². The smallest absolute Gasteiger partial charge is 0.143 e. The molecule has 0 amide bonds. The van der Waals surface area contributed by atoms with Crippen molar-refractivity contribution < 1.29 is 4.42 Å². The molecule has 0 saturated heterocycles. The molecular weight excluding hydrogens is 837 g/mol. The van der Waals surface area contributed by atoms with E-state index in [1.54, 1.807) is 0 Å². The van der Waals surface area contributed by atoms with Crippen LogP contribution >= 0.6 is 0 Å². The predicted octanol–water partition coefficient (Wildman–Crippen LogP) is 18.6. The fourth-order valence-electron chi connectivity index (χ4n) is 11.0. The summed E-state index contributed by atoms with van der Waals surface area (Å²) in [6, 6.07) is 92.5. The van der Waals surface area contributed by atoms with Gasteiger partial charge in [0.15, 0.2) is 0 Å². The van der Waals surface area contributed by atoms with Gasteiger partial charge in [0.05, 0.1) is 22.4 Å². The Bertz CT molecular complexity index is 4260. The van der Waals surface area contributed by atoms with Crippen LogP contribution in [0, 0.1) is 0 Å². The summed E-state index contributed by atoms with van der Waals surface area (Å²) in [5.41, 5.74) is 15.5. The van der Waals surface area contributed by atoms with Crippen molar-refractivity contribution in [2.24, 2.45) is 0 Å². The summed E-state index contributed by atoms with van der Waals surface area (Å²) in [4.78, 5) is 2.42. The summed E-state index contributed by atoms with van der Waals surface area (Å²) in [6.45, 7) is 0. The third-order valence-electron chi connectivity index (χ3n) is 14.2. The number of benzene rings is 12. The summed E-state index contributed by atoms with van der Waals surface area (Å²) in [6.07, 6.45) is 0.